The molecule has 5 heterocycles. The van der Waals surface area contributed by atoms with Crippen LogP contribution in [-0.4, -0.2) is 37.6 Å². The molecule has 10 heteroatoms. The first-order valence-electron chi connectivity index (χ1n) is 12.4. The summed E-state index contributed by atoms with van der Waals surface area (Å²) in [5.74, 6) is 1.42. The Morgan fingerprint density at radius 3 is 2.42 bits per heavy atom. The van der Waals surface area contributed by atoms with E-state index < -0.39 is 0 Å². The Bertz CT molecular complexity index is 1690. The van der Waals surface area contributed by atoms with Crippen molar-refractivity contribution in [2.45, 2.75) is 18.9 Å². The normalized spacial score (nSPS) is 18.4. The van der Waals surface area contributed by atoms with Crippen molar-refractivity contribution in [2.75, 3.05) is 18.0 Å². The minimum atomic E-state index is 0.0811. The minimum absolute atomic E-state index is 0.0811. The third-order valence-corrected chi connectivity index (χ3v) is 8.63. The number of pyridine rings is 1. The van der Waals surface area contributed by atoms with Gasteiger partial charge in [0.05, 0.1) is 11.4 Å². The molecule has 2 atom stereocenters. The fourth-order valence-corrected chi connectivity index (χ4v) is 6.60. The van der Waals surface area contributed by atoms with E-state index in [1.807, 2.05) is 64.5 Å². The van der Waals surface area contributed by atoms with Crippen LogP contribution in [0.1, 0.15) is 18.0 Å². The zero-order chi connectivity index (χ0) is 25.8. The van der Waals surface area contributed by atoms with Crippen LogP contribution in [0.15, 0.2) is 76.9 Å². The van der Waals surface area contributed by atoms with Gasteiger partial charge in [-0.1, -0.05) is 41.4 Å². The van der Waals surface area contributed by atoms with Gasteiger partial charge in [0.2, 0.25) is 0 Å². The molecule has 2 unspecified atom stereocenters. The Kier molecular flexibility index (Phi) is 5.83. The summed E-state index contributed by atoms with van der Waals surface area (Å²) >= 11 is 13.8. The predicted octanol–water partition coefficient (Wildman–Crippen LogP) is 6.15. The number of halogens is 2. The lowest BCUT2D eigenvalue weighted by Gasteiger charge is -2.42. The van der Waals surface area contributed by atoms with Crippen LogP contribution in [0.4, 0.5) is 5.82 Å². The monoisotopic (exact) mass is 560 g/mol. The summed E-state index contributed by atoms with van der Waals surface area (Å²) in [5.41, 5.74) is 4.62. The average molecular weight is 561 g/mol. The van der Waals surface area contributed by atoms with Crippen LogP contribution in [0.5, 0.6) is 0 Å². The summed E-state index contributed by atoms with van der Waals surface area (Å²) in [5, 5.41) is 14.1. The SMILES string of the molecule is O=c1cccc2n1CC1CC2CN(c2nn(-c3ccc(Cl)cc3)nc2-c2nc(-c3ccc(Cl)cc3)cs2)C1. The summed E-state index contributed by atoms with van der Waals surface area (Å²) in [4.78, 5) is 21.4. The molecular weight excluding hydrogens is 539 g/mol. The number of thiazole rings is 1. The van der Waals surface area contributed by atoms with Crippen molar-refractivity contribution in [3.05, 3.63) is 98.2 Å². The molecule has 0 amide bonds. The standard InChI is InChI=1S/C28H22Cl2N6OS/c29-20-6-4-18(5-7-20)23-16-38-28(31-23)26-27(33-36(32-26)22-10-8-21(30)9-11-22)34-13-17-12-19(15-34)24-2-1-3-25(37)35(24)14-17/h1-11,16-17,19H,12-15H2. The van der Waals surface area contributed by atoms with E-state index in [9.17, 15) is 4.79 Å². The zero-order valence-corrected chi connectivity index (χ0v) is 22.5. The lowest BCUT2D eigenvalue weighted by Crippen LogP contribution is -2.47. The van der Waals surface area contributed by atoms with Gasteiger partial charge in [-0.15, -0.1) is 26.3 Å². The van der Waals surface area contributed by atoms with E-state index in [1.165, 1.54) is 0 Å². The summed E-state index contributed by atoms with van der Waals surface area (Å²) in [6, 6.07) is 20.8. The van der Waals surface area contributed by atoms with E-state index in [1.54, 1.807) is 22.2 Å². The van der Waals surface area contributed by atoms with E-state index in [-0.39, 0.29) is 11.5 Å². The van der Waals surface area contributed by atoms with Gasteiger partial charge in [0.1, 0.15) is 5.01 Å². The van der Waals surface area contributed by atoms with E-state index in [0.717, 1.165) is 65.2 Å². The maximum Gasteiger partial charge on any atom is 0.250 e. The number of piperidine rings is 1. The van der Waals surface area contributed by atoms with Gasteiger partial charge < -0.3 is 9.47 Å². The molecular formula is C28H22Cl2N6OS. The lowest BCUT2D eigenvalue weighted by molar-refractivity contribution is 0.280. The zero-order valence-electron chi connectivity index (χ0n) is 20.2. The first-order valence-corrected chi connectivity index (χ1v) is 14.1. The number of fused-ring (bicyclic) bond motifs is 4. The fourth-order valence-electron chi connectivity index (χ4n) is 5.55. The first kappa shape index (κ1) is 23.6. The number of benzene rings is 2. The number of hydrogen-bond donors (Lipinski definition) is 0. The van der Waals surface area contributed by atoms with Crippen molar-refractivity contribution in [2.24, 2.45) is 5.92 Å². The van der Waals surface area contributed by atoms with E-state index in [4.69, 9.17) is 38.4 Å². The molecule has 5 aromatic rings. The van der Waals surface area contributed by atoms with E-state index >= 15 is 0 Å². The van der Waals surface area contributed by atoms with E-state index in [0.29, 0.717) is 16.0 Å². The lowest BCUT2D eigenvalue weighted by atomic mass is 9.83. The van der Waals surface area contributed by atoms with E-state index in [2.05, 4.69) is 11.0 Å². The maximum absolute atomic E-state index is 12.5. The molecule has 0 saturated carbocycles. The Morgan fingerprint density at radius 1 is 0.868 bits per heavy atom. The summed E-state index contributed by atoms with van der Waals surface area (Å²) in [6.07, 6.45) is 1.07. The molecule has 0 N–H and O–H groups in total. The smallest absolute Gasteiger partial charge is 0.250 e. The van der Waals surface area contributed by atoms with Gasteiger partial charge in [-0.2, -0.15) is 0 Å². The van der Waals surface area contributed by atoms with Crippen LogP contribution in [-0.2, 0) is 6.54 Å². The largest absolute Gasteiger partial charge is 0.352 e. The first-order chi connectivity index (χ1) is 18.5. The maximum atomic E-state index is 12.5. The highest BCUT2D eigenvalue weighted by molar-refractivity contribution is 7.13. The molecule has 2 aliphatic rings. The molecule has 38 heavy (non-hydrogen) atoms. The number of hydrogen-bond acceptors (Lipinski definition) is 6. The molecule has 0 aliphatic carbocycles. The van der Waals surface area contributed by atoms with Crippen molar-refractivity contribution < 1.29 is 0 Å². The van der Waals surface area contributed by atoms with Crippen molar-refractivity contribution >= 4 is 40.4 Å². The molecule has 3 aromatic heterocycles. The number of nitrogens with zero attached hydrogens (tertiary/aromatic N) is 6. The number of anilines is 1. The molecule has 7 nitrogen and oxygen atoms in total. The molecule has 2 aliphatic heterocycles. The summed E-state index contributed by atoms with van der Waals surface area (Å²) in [6.45, 7) is 2.29. The fraction of sp³-hybridized carbons (Fsp3) is 0.214. The highest BCUT2D eigenvalue weighted by Crippen LogP contribution is 2.40. The van der Waals surface area contributed by atoms with Crippen LogP contribution < -0.4 is 10.5 Å². The summed E-state index contributed by atoms with van der Waals surface area (Å²) in [7, 11) is 0. The van der Waals surface area contributed by atoms with Crippen molar-refractivity contribution in [3.8, 4) is 27.6 Å². The second-order valence-corrected chi connectivity index (χ2v) is 11.5. The highest BCUT2D eigenvalue weighted by atomic mass is 35.5. The van der Waals surface area contributed by atoms with Gasteiger partial charge in [-0.3, -0.25) is 4.79 Å². The molecule has 1 fully saturated rings. The molecule has 7 rings (SSSR count). The van der Waals surface area contributed by atoms with Crippen LogP contribution in [0.25, 0.3) is 27.6 Å². The van der Waals surface area contributed by atoms with Gasteiger partial charge in [-0.05, 0) is 54.8 Å². The number of rotatable bonds is 4. The molecule has 0 radical (unpaired) electrons. The third kappa shape index (κ3) is 4.22. The van der Waals surface area contributed by atoms with Crippen molar-refractivity contribution in [3.63, 3.8) is 0 Å². The minimum Gasteiger partial charge on any atom is -0.352 e. The van der Waals surface area contributed by atoms with Gasteiger partial charge in [0.15, 0.2) is 11.5 Å². The second kappa shape index (κ2) is 9.38. The predicted molar refractivity (Wildman–Crippen MR) is 152 cm³/mol. The topological polar surface area (TPSA) is 68.8 Å². The van der Waals surface area contributed by atoms with Crippen LogP contribution in [0.3, 0.4) is 0 Å². The molecule has 190 valence electrons. The molecule has 1 saturated heterocycles. The van der Waals surface area contributed by atoms with Crippen molar-refractivity contribution in [1.29, 1.82) is 0 Å². The number of aromatic nitrogens is 5. The Balaban J connectivity index is 1.30. The molecule has 0 spiro atoms. The van der Waals surface area contributed by atoms with Gasteiger partial charge in [-0.25, -0.2) is 4.98 Å². The molecule has 2 bridgehead atoms. The van der Waals surface area contributed by atoms with Crippen molar-refractivity contribution in [1.82, 2.24) is 24.5 Å². The van der Waals surface area contributed by atoms with Gasteiger partial charge in [0.25, 0.3) is 5.56 Å². The van der Waals surface area contributed by atoms with Crippen LogP contribution in [0.2, 0.25) is 10.0 Å². The van der Waals surface area contributed by atoms with Gasteiger partial charge >= 0.3 is 0 Å². The summed E-state index contributed by atoms with van der Waals surface area (Å²) < 4.78 is 1.95. The van der Waals surface area contributed by atoms with Crippen LogP contribution >= 0.6 is 34.5 Å². The highest BCUT2D eigenvalue weighted by Gasteiger charge is 2.37. The average Bonchev–Trinajstić information content (AvgIpc) is 3.58. The quantitative estimate of drug-likeness (QED) is 0.263. The van der Waals surface area contributed by atoms with Crippen LogP contribution in [0, 0.1) is 5.92 Å². The Morgan fingerprint density at radius 2 is 1.63 bits per heavy atom. The second-order valence-electron chi connectivity index (χ2n) is 9.79. The molecule has 2 aromatic carbocycles. The Labute approximate surface area is 232 Å². The Hall–Kier alpha value is -3.46. The third-order valence-electron chi connectivity index (χ3n) is 7.28. The van der Waals surface area contributed by atoms with Gasteiger partial charge in [0, 0.05) is 58.3 Å².